The molecule has 0 radical (unpaired) electrons. The molecule has 186 valence electrons. The van der Waals surface area contributed by atoms with E-state index in [0.717, 1.165) is 12.8 Å². The van der Waals surface area contributed by atoms with Crippen molar-refractivity contribution >= 4 is 23.4 Å². The van der Waals surface area contributed by atoms with Crippen LogP contribution in [0.3, 0.4) is 0 Å². The third-order valence-corrected chi connectivity index (χ3v) is 6.30. The smallest absolute Gasteiger partial charge is 0.251 e. The molecule has 7 nitrogen and oxygen atoms in total. The highest BCUT2D eigenvalue weighted by molar-refractivity contribution is 6.32. The summed E-state index contributed by atoms with van der Waals surface area (Å²) in [7, 11) is 3.33. The number of hydrogen-bond acceptors (Lipinski definition) is 5. The highest BCUT2D eigenvalue weighted by Crippen LogP contribution is 2.34. The normalized spacial score (nSPS) is 16.7. The number of piperidine rings is 1. The predicted molar refractivity (Wildman–Crippen MR) is 137 cm³/mol. The van der Waals surface area contributed by atoms with E-state index in [9.17, 15) is 14.9 Å². The fraction of sp³-hybridized carbons (Fsp3) is 0.444. The van der Waals surface area contributed by atoms with Gasteiger partial charge in [0.05, 0.1) is 17.0 Å². The summed E-state index contributed by atoms with van der Waals surface area (Å²) in [4.78, 5) is 26.6. The number of carbonyl (C=O) groups is 2. The van der Waals surface area contributed by atoms with Crippen molar-refractivity contribution in [1.82, 2.24) is 15.5 Å². The van der Waals surface area contributed by atoms with Crippen molar-refractivity contribution in [2.45, 2.75) is 64.1 Å². The number of halogens is 1. The van der Waals surface area contributed by atoms with Gasteiger partial charge in [-0.25, -0.2) is 0 Å². The fourth-order valence-corrected chi connectivity index (χ4v) is 5.01. The molecule has 1 aliphatic rings. The molecule has 2 aromatic rings. The Balaban J connectivity index is 1.76. The van der Waals surface area contributed by atoms with Crippen LogP contribution in [-0.2, 0) is 11.2 Å². The van der Waals surface area contributed by atoms with E-state index in [1.807, 2.05) is 0 Å². The van der Waals surface area contributed by atoms with Crippen LogP contribution in [0.1, 0.15) is 62.0 Å². The lowest BCUT2D eigenvalue weighted by Gasteiger charge is -2.46. The molecule has 2 N–H and O–H groups in total. The average Bonchev–Trinajstić information content (AvgIpc) is 2.72. The van der Waals surface area contributed by atoms with Crippen molar-refractivity contribution in [3.8, 4) is 17.6 Å². The van der Waals surface area contributed by atoms with Crippen LogP contribution in [0.4, 0.5) is 0 Å². The van der Waals surface area contributed by atoms with Gasteiger partial charge in [0.1, 0.15) is 17.6 Å². The zero-order valence-electron chi connectivity index (χ0n) is 21.2. The maximum atomic E-state index is 12.9. The van der Waals surface area contributed by atoms with Crippen LogP contribution in [-0.4, -0.2) is 47.9 Å². The van der Waals surface area contributed by atoms with Crippen LogP contribution < -0.4 is 15.4 Å². The maximum absolute atomic E-state index is 12.9. The molecule has 0 aromatic heterocycles. The van der Waals surface area contributed by atoms with Gasteiger partial charge in [0.15, 0.2) is 0 Å². The summed E-state index contributed by atoms with van der Waals surface area (Å²) in [5.41, 5.74) is 1.11. The molecule has 0 atom stereocenters. The van der Waals surface area contributed by atoms with Gasteiger partial charge in [-0.15, -0.1) is 0 Å². The molecule has 2 amide bonds. The quantitative estimate of drug-likeness (QED) is 0.605. The predicted octanol–water partition coefficient (Wildman–Crippen LogP) is 4.67. The number of nitrogens with zero attached hydrogens (tertiary/aromatic N) is 2. The standard InChI is InChI=1S/C27H33ClN4O3/c1-26(2)14-19(15-27(3,4)31-26)30-25(34)18-10-11-23(21(28)12-18)35-22-9-7-8-17(20(22)16-29)13-24(33)32(5)6/h7-12,19,31H,13-15H2,1-6H3,(H,30,34). The second-order valence-corrected chi connectivity index (χ2v) is 11.0. The first kappa shape index (κ1) is 26.5. The highest BCUT2D eigenvalue weighted by Gasteiger charge is 2.38. The van der Waals surface area contributed by atoms with Crippen molar-refractivity contribution in [2.75, 3.05) is 14.1 Å². The van der Waals surface area contributed by atoms with Crippen molar-refractivity contribution in [1.29, 1.82) is 5.26 Å². The lowest BCUT2D eigenvalue weighted by Crippen LogP contribution is -2.62. The van der Waals surface area contributed by atoms with Crippen molar-refractivity contribution < 1.29 is 14.3 Å². The minimum atomic E-state index is -0.196. The van der Waals surface area contributed by atoms with Crippen LogP contribution in [0, 0.1) is 11.3 Å². The number of carbonyl (C=O) groups excluding carboxylic acids is 2. The van der Waals surface area contributed by atoms with Crippen LogP contribution in [0.15, 0.2) is 36.4 Å². The molecule has 1 fully saturated rings. The maximum Gasteiger partial charge on any atom is 0.251 e. The number of amides is 2. The summed E-state index contributed by atoms with van der Waals surface area (Å²) >= 11 is 6.46. The third-order valence-electron chi connectivity index (χ3n) is 6.00. The summed E-state index contributed by atoms with van der Waals surface area (Å²) in [5.74, 6) is 0.307. The van der Waals surface area contributed by atoms with E-state index in [0.29, 0.717) is 22.6 Å². The Morgan fingerprint density at radius 1 is 1.14 bits per heavy atom. The molecule has 2 aromatic carbocycles. The number of benzene rings is 2. The zero-order valence-corrected chi connectivity index (χ0v) is 21.9. The first-order chi connectivity index (χ1) is 16.3. The number of likely N-dealkylation sites (N-methyl/N-ethyl adjacent to an activating group) is 1. The monoisotopic (exact) mass is 496 g/mol. The van der Waals surface area contributed by atoms with E-state index in [1.54, 1.807) is 50.5 Å². The lowest BCUT2D eigenvalue weighted by molar-refractivity contribution is -0.127. The first-order valence-electron chi connectivity index (χ1n) is 11.6. The molecule has 8 heteroatoms. The second-order valence-electron chi connectivity index (χ2n) is 10.6. The Kier molecular flexibility index (Phi) is 7.78. The molecule has 0 saturated carbocycles. The van der Waals surface area contributed by atoms with Crippen LogP contribution in [0.2, 0.25) is 5.02 Å². The Labute approximate surface area is 212 Å². The van der Waals surface area contributed by atoms with Crippen LogP contribution >= 0.6 is 11.6 Å². The topological polar surface area (TPSA) is 94.5 Å². The van der Waals surface area contributed by atoms with E-state index < -0.39 is 0 Å². The van der Waals surface area contributed by atoms with Gasteiger partial charge in [-0.05, 0) is 70.4 Å². The second kappa shape index (κ2) is 10.3. The van der Waals surface area contributed by atoms with E-state index >= 15 is 0 Å². The Bertz CT molecular complexity index is 1150. The summed E-state index contributed by atoms with van der Waals surface area (Å²) < 4.78 is 5.93. The summed E-state index contributed by atoms with van der Waals surface area (Å²) in [5, 5.41) is 16.7. The summed E-state index contributed by atoms with van der Waals surface area (Å²) in [6.45, 7) is 8.54. The molecule has 1 aliphatic heterocycles. The van der Waals surface area contributed by atoms with E-state index in [2.05, 4.69) is 44.4 Å². The first-order valence-corrected chi connectivity index (χ1v) is 12.0. The Morgan fingerprint density at radius 2 is 1.80 bits per heavy atom. The molecule has 0 spiro atoms. The SMILES string of the molecule is CN(C)C(=O)Cc1cccc(Oc2ccc(C(=O)NC3CC(C)(C)NC(C)(C)C3)cc2Cl)c1C#N. The lowest BCUT2D eigenvalue weighted by atomic mass is 9.79. The number of nitrogens with one attached hydrogen (secondary N) is 2. The molecule has 0 aliphatic carbocycles. The van der Waals surface area contributed by atoms with Crippen LogP contribution in [0.25, 0.3) is 0 Å². The number of rotatable bonds is 6. The molecule has 0 unspecified atom stereocenters. The molecule has 3 rings (SSSR count). The van der Waals surface area contributed by atoms with Gasteiger partial charge in [-0.1, -0.05) is 23.7 Å². The molecule has 1 saturated heterocycles. The fourth-order valence-electron chi connectivity index (χ4n) is 4.79. The van der Waals surface area contributed by atoms with Crippen molar-refractivity contribution in [2.24, 2.45) is 0 Å². The van der Waals surface area contributed by atoms with Gasteiger partial charge < -0.3 is 20.3 Å². The Hall–Kier alpha value is -3.08. The summed E-state index contributed by atoms with van der Waals surface area (Å²) in [6, 6.07) is 12.1. The zero-order chi connectivity index (χ0) is 26.0. The summed E-state index contributed by atoms with van der Waals surface area (Å²) in [6.07, 6.45) is 1.73. The molecular formula is C27H33ClN4O3. The minimum absolute atomic E-state index is 0.0363. The van der Waals surface area contributed by atoms with Gasteiger partial charge in [0.2, 0.25) is 5.91 Å². The van der Waals surface area contributed by atoms with Gasteiger partial charge >= 0.3 is 0 Å². The van der Waals surface area contributed by atoms with Crippen molar-refractivity contribution in [3.63, 3.8) is 0 Å². The van der Waals surface area contributed by atoms with Gasteiger partial charge in [0, 0.05) is 36.8 Å². The largest absolute Gasteiger partial charge is 0.454 e. The molecule has 0 bridgehead atoms. The van der Waals surface area contributed by atoms with E-state index in [4.69, 9.17) is 16.3 Å². The third kappa shape index (κ3) is 6.74. The number of hydrogen-bond donors (Lipinski definition) is 2. The average molecular weight is 497 g/mol. The van der Waals surface area contributed by atoms with Crippen molar-refractivity contribution in [3.05, 3.63) is 58.1 Å². The van der Waals surface area contributed by atoms with E-state index in [1.165, 1.54) is 4.90 Å². The minimum Gasteiger partial charge on any atom is -0.454 e. The molecular weight excluding hydrogens is 464 g/mol. The number of nitriles is 1. The molecule has 35 heavy (non-hydrogen) atoms. The van der Waals surface area contributed by atoms with Gasteiger partial charge in [-0.3, -0.25) is 9.59 Å². The highest BCUT2D eigenvalue weighted by atomic mass is 35.5. The number of ether oxygens (including phenoxy) is 1. The molecule has 1 heterocycles. The van der Waals surface area contributed by atoms with Gasteiger partial charge in [-0.2, -0.15) is 5.26 Å². The van der Waals surface area contributed by atoms with Gasteiger partial charge in [0.25, 0.3) is 5.91 Å². The Morgan fingerprint density at radius 3 is 2.37 bits per heavy atom. The van der Waals surface area contributed by atoms with E-state index in [-0.39, 0.29) is 45.9 Å². The van der Waals surface area contributed by atoms with Crippen LogP contribution in [0.5, 0.6) is 11.5 Å².